The van der Waals surface area contributed by atoms with Crippen LogP contribution < -0.4 is 10.2 Å². The molecule has 1 aliphatic carbocycles. The van der Waals surface area contributed by atoms with Gasteiger partial charge in [0, 0.05) is 29.3 Å². The van der Waals surface area contributed by atoms with Gasteiger partial charge in [0.15, 0.2) is 0 Å². The van der Waals surface area contributed by atoms with Gasteiger partial charge in [0.05, 0.1) is 0 Å². The summed E-state index contributed by atoms with van der Waals surface area (Å²) >= 11 is 3.65. The van der Waals surface area contributed by atoms with Crippen LogP contribution in [0, 0.1) is 5.92 Å². The van der Waals surface area contributed by atoms with Crippen molar-refractivity contribution in [1.82, 2.24) is 5.32 Å². The molecule has 2 unspecified atom stereocenters. The van der Waals surface area contributed by atoms with Crippen LogP contribution in [0.5, 0.6) is 0 Å². The first-order valence-electron chi connectivity index (χ1n) is 8.05. The molecule has 0 amide bonds. The predicted octanol–water partition coefficient (Wildman–Crippen LogP) is 4.33. The molecule has 1 aromatic rings. The Morgan fingerprint density at radius 2 is 2.10 bits per heavy atom. The molecule has 3 heteroatoms. The first-order valence-corrected chi connectivity index (χ1v) is 8.84. The fourth-order valence-electron chi connectivity index (χ4n) is 3.92. The minimum atomic E-state index is 0.790. The Morgan fingerprint density at radius 3 is 2.95 bits per heavy atom. The highest BCUT2D eigenvalue weighted by molar-refractivity contribution is 9.10. The molecular formula is C17H25BrN2. The summed E-state index contributed by atoms with van der Waals surface area (Å²) in [5, 5.41) is 3.48. The zero-order valence-electron chi connectivity index (χ0n) is 12.4. The summed E-state index contributed by atoms with van der Waals surface area (Å²) in [5.74, 6) is 0.940. The van der Waals surface area contributed by atoms with Gasteiger partial charge in [-0.3, -0.25) is 0 Å². The van der Waals surface area contributed by atoms with Crippen LogP contribution in [0.4, 0.5) is 5.69 Å². The molecular weight excluding hydrogens is 312 g/mol. The van der Waals surface area contributed by atoms with Crippen LogP contribution >= 0.6 is 15.9 Å². The van der Waals surface area contributed by atoms with Gasteiger partial charge in [-0.25, -0.2) is 0 Å². The Morgan fingerprint density at radius 1 is 1.25 bits per heavy atom. The van der Waals surface area contributed by atoms with Crippen molar-refractivity contribution in [1.29, 1.82) is 0 Å². The third kappa shape index (κ3) is 2.89. The molecule has 1 saturated carbocycles. The van der Waals surface area contributed by atoms with E-state index in [9.17, 15) is 0 Å². The van der Waals surface area contributed by atoms with E-state index in [0.717, 1.165) is 25.0 Å². The highest BCUT2D eigenvalue weighted by Crippen LogP contribution is 2.40. The minimum absolute atomic E-state index is 0.790. The largest absolute Gasteiger partial charge is 0.368 e. The molecule has 0 spiro atoms. The minimum Gasteiger partial charge on any atom is -0.368 e. The van der Waals surface area contributed by atoms with E-state index in [1.54, 1.807) is 0 Å². The quantitative estimate of drug-likeness (QED) is 0.880. The van der Waals surface area contributed by atoms with E-state index in [4.69, 9.17) is 0 Å². The molecule has 1 N–H and O–H groups in total. The van der Waals surface area contributed by atoms with Crippen LogP contribution in [0.1, 0.15) is 44.6 Å². The number of anilines is 1. The second-order valence-corrected chi connectivity index (χ2v) is 7.06. The topological polar surface area (TPSA) is 15.3 Å². The highest BCUT2D eigenvalue weighted by Gasteiger charge is 2.36. The third-order valence-corrected chi connectivity index (χ3v) is 5.43. The third-order valence-electron chi connectivity index (χ3n) is 4.93. The Kier molecular flexibility index (Phi) is 4.67. The molecule has 110 valence electrons. The van der Waals surface area contributed by atoms with E-state index in [0.29, 0.717) is 0 Å². The maximum absolute atomic E-state index is 3.65. The fraction of sp³-hybridized carbons (Fsp3) is 0.647. The summed E-state index contributed by atoms with van der Waals surface area (Å²) in [6, 6.07) is 7.56. The van der Waals surface area contributed by atoms with Gasteiger partial charge in [-0.05, 0) is 49.4 Å². The van der Waals surface area contributed by atoms with E-state index in [-0.39, 0.29) is 0 Å². The SMILES string of the molecule is CCNCc1ccc(Br)cc1N1CCC2CCCCC21. The summed E-state index contributed by atoms with van der Waals surface area (Å²) in [5.41, 5.74) is 2.90. The Bertz CT molecular complexity index is 460. The second-order valence-electron chi connectivity index (χ2n) is 6.15. The molecule has 0 bridgehead atoms. The van der Waals surface area contributed by atoms with Gasteiger partial charge in [0.25, 0.3) is 0 Å². The summed E-state index contributed by atoms with van der Waals surface area (Å²) in [7, 11) is 0. The fourth-order valence-corrected chi connectivity index (χ4v) is 4.27. The summed E-state index contributed by atoms with van der Waals surface area (Å²) in [6.07, 6.45) is 7.07. The average Bonchev–Trinajstić information content (AvgIpc) is 2.90. The number of rotatable bonds is 4. The van der Waals surface area contributed by atoms with Crippen molar-refractivity contribution in [3.63, 3.8) is 0 Å². The maximum atomic E-state index is 3.65. The molecule has 1 saturated heterocycles. The Balaban J connectivity index is 1.86. The van der Waals surface area contributed by atoms with E-state index in [1.165, 1.54) is 54.4 Å². The average molecular weight is 337 g/mol. The zero-order chi connectivity index (χ0) is 13.9. The van der Waals surface area contributed by atoms with Gasteiger partial charge in [-0.2, -0.15) is 0 Å². The maximum Gasteiger partial charge on any atom is 0.0425 e. The standard InChI is InChI=1S/C17H25BrN2/c1-2-19-12-14-7-8-15(18)11-17(14)20-10-9-13-5-3-4-6-16(13)20/h7-8,11,13,16,19H,2-6,9-10,12H2,1H3. The molecule has 2 fully saturated rings. The van der Waals surface area contributed by atoms with Crippen LogP contribution in [0.3, 0.4) is 0 Å². The molecule has 0 radical (unpaired) electrons. The monoisotopic (exact) mass is 336 g/mol. The first-order chi connectivity index (χ1) is 9.79. The van der Waals surface area contributed by atoms with Crippen molar-refractivity contribution in [3.05, 3.63) is 28.2 Å². The number of nitrogens with zero attached hydrogens (tertiary/aromatic N) is 1. The summed E-state index contributed by atoms with van der Waals surface area (Å²) in [4.78, 5) is 2.70. The van der Waals surface area contributed by atoms with Crippen LogP contribution in [0.15, 0.2) is 22.7 Å². The van der Waals surface area contributed by atoms with Crippen molar-refractivity contribution >= 4 is 21.6 Å². The van der Waals surface area contributed by atoms with Gasteiger partial charge < -0.3 is 10.2 Å². The molecule has 1 aliphatic heterocycles. The number of benzene rings is 1. The molecule has 3 rings (SSSR count). The van der Waals surface area contributed by atoms with E-state index >= 15 is 0 Å². The molecule has 2 atom stereocenters. The van der Waals surface area contributed by atoms with E-state index in [2.05, 4.69) is 51.3 Å². The van der Waals surface area contributed by atoms with Crippen LogP contribution in [0.2, 0.25) is 0 Å². The Hall–Kier alpha value is -0.540. The van der Waals surface area contributed by atoms with Crippen LogP contribution in [-0.4, -0.2) is 19.1 Å². The van der Waals surface area contributed by atoms with Gasteiger partial charge in [0.1, 0.15) is 0 Å². The Labute approximate surface area is 131 Å². The second kappa shape index (κ2) is 6.48. The van der Waals surface area contributed by atoms with Crippen LogP contribution in [-0.2, 0) is 6.54 Å². The predicted molar refractivity (Wildman–Crippen MR) is 89.2 cm³/mol. The van der Waals surface area contributed by atoms with Gasteiger partial charge >= 0.3 is 0 Å². The molecule has 0 aromatic heterocycles. The number of hydrogen-bond acceptors (Lipinski definition) is 2. The van der Waals surface area contributed by atoms with Crippen molar-refractivity contribution in [3.8, 4) is 0 Å². The number of halogens is 1. The molecule has 2 nitrogen and oxygen atoms in total. The first kappa shape index (κ1) is 14.4. The van der Waals surface area contributed by atoms with Crippen molar-refractivity contribution in [2.75, 3.05) is 18.0 Å². The van der Waals surface area contributed by atoms with Crippen molar-refractivity contribution in [2.24, 2.45) is 5.92 Å². The molecule has 1 heterocycles. The van der Waals surface area contributed by atoms with Gasteiger partial charge in [0.2, 0.25) is 0 Å². The molecule has 1 aromatic carbocycles. The van der Waals surface area contributed by atoms with Crippen molar-refractivity contribution in [2.45, 2.75) is 51.6 Å². The van der Waals surface area contributed by atoms with Gasteiger partial charge in [-0.15, -0.1) is 0 Å². The van der Waals surface area contributed by atoms with Crippen LogP contribution in [0.25, 0.3) is 0 Å². The summed E-state index contributed by atoms with van der Waals surface area (Å²) < 4.78 is 1.20. The lowest BCUT2D eigenvalue weighted by Crippen LogP contribution is -2.35. The van der Waals surface area contributed by atoms with Gasteiger partial charge in [-0.1, -0.05) is 41.8 Å². The number of fused-ring (bicyclic) bond motifs is 1. The lowest BCUT2D eigenvalue weighted by Gasteiger charge is -2.34. The van der Waals surface area contributed by atoms with E-state index < -0.39 is 0 Å². The zero-order valence-corrected chi connectivity index (χ0v) is 14.0. The molecule has 2 aliphatic rings. The number of hydrogen-bond donors (Lipinski definition) is 1. The lowest BCUT2D eigenvalue weighted by atomic mass is 9.85. The number of nitrogens with one attached hydrogen (secondary N) is 1. The highest BCUT2D eigenvalue weighted by atomic mass is 79.9. The van der Waals surface area contributed by atoms with Crippen molar-refractivity contribution < 1.29 is 0 Å². The summed E-state index contributed by atoms with van der Waals surface area (Å²) in [6.45, 7) is 5.42. The normalized spacial score (nSPS) is 25.8. The lowest BCUT2D eigenvalue weighted by molar-refractivity contribution is 0.342. The van der Waals surface area contributed by atoms with E-state index in [1.807, 2.05) is 0 Å². The smallest absolute Gasteiger partial charge is 0.0425 e. The molecule has 20 heavy (non-hydrogen) atoms.